The normalized spacial score (nSPS) is 12.4. The van der Waals surface area contributed by atoms with Crippen molar-refractivity contribution in [2.24, 2.45) is 0 Å². The van der Waals surface area contributed by atoms with Gasteiger partial charge >= 0.3 is 0 Å². The molecule has 2 rings (SSSR count). The molecule has 0 spiro atoms. The van der Waals surface area contributed by atoms with E-state index in [0.717, 1.165) is 16.7 Å². The summed E-state index contributed by atoms with van der Waals surface area (Å²) in [4.78, 5) is 0. The van der Waals surface area contributed by atoms with Gasteiger partial charge in [-0.25, -0.2) is 8.78 Å². The van der Waals surface area contributed by atoms with E-state index in [2.05, 4.69) is 5.32 Å². The number of rotatable bonds is 4. The van der Waals surface area contributed by atoms with E-state index in [4.69, 9.17) is 11.6 Å². The van der Waals surface area contributed by atoms with Gasteiger partial charge in [0.15, 0.2) is 0 Å². The molecule has 0 aliphatic heterocycles. The summed E-state index contributed by atoms with van der Waals surface area (Å²) in [5.74, 6) is -0.684. The van der Waals surface area contributed by atoms with Gasteiger partial charge in [0.25, 0.3) is 0 Å². The Morgan fingerprint density at radius 2 is 1.70 bits per heavy atom. The van der Waals surface area contributed by atoms with Gasteiger partial charge in [-0.2, -0.15) is 0 Å². The molecule has 1 unspecified atom stereocenters. The third-order valence-corrected chi connectivity index (χ3v) is 3.56. The Morgan fingerprint density at radius 3 is 2.35 bits per heavy atom. The van der Waals surface area contributed by atoms with Crippen molar-refractivity contribution in [3.63, 3.8) is 0 Å². The van der Waals surface area contributed by atoms with Crippen molar-refractivity contribution in [3.05, 3.63) is 69.7 Å². The fraction of sp³-hybridized carbons (Fsp3) is 0.250. The van der Waals surface area contributed by atoms with E-state index in [1.54, 1.807) is 12.1 Å². The molecular formula is C16H16ClF2N. The maximum absolute atomic E-state index is 13.5. The minimum Gasteiger partial charge on any atom is -0.306 e. The zero-order valence-corrected chi connectivity index (χ0v) is 12.1. The zero-order chi connectivity index (χ0) is 14.7. The monoisotopic (exact) mass is 295 g/mol. The molecule has 0 saturated heterocycles. The number of aryl methyl sites for hydroxylation is 1. The molecular weight excluding hydrogens is 280 g/mol. The second kappa shape index (κ2) is 6.33. The molecule has 1 N–H and O–H groups in total. The molecule has 1 atom stereocenters. The van der Waals surface area contributed by atoms with Gasteiger partial charge < -0.3 is 5.32 Å². The maximum Gasteiger partial charge on any atom is 0.124 e. The molecule has 0 fully saturated rings. The highest BCUT2D eigenvalue weighted by Crippen LogP contribution is 2.31. The summed E-state index contributed by atoms with van der Waals surface area (Å²) in [7, 11) is 0. The van der Waals surface area contributed by atoms with Crippen LogP contribution in [0.5, 0.6) is 0 Å². The largest absolute Gasteiger partial charge is 0.306 e. The summed E-state index contributed by atoms with van der Waals surface area (Å²) < 4.78 is 26.7. The van der Waals surface area contributed by atoms with Gasteiger partial charge in [-0.15, -0.1) is 0 Å². The van der Waals surface area contributed by atoms with Crippen LogP contribution in [0.1, 0.15) is 29.7 Å². The summed E-state index contributed by atoms with van der Waals surface area (Å²) in [5, 5.41) is 3.60. The quantitative estimate of drug-likeness (QED) is 0.867. The third-order valence-electron chi connectivity index (χ3n) is 3.23. The van der Waals surface area contributed by atoms with Gasteiger partial charge in [-0.05, 0) is 54.4 Å². The van der Waals surface area contributed by atoms with Gasteiger partial charge in [0.05, 0.1) is 6.04 Å². The standard InChI is InChI=1S/C16H16ClF2N/c1-3-20-16(13-7-6-12(19)9-15(13)17)14-8-11(18)5-4-10(14)2/h4-9,16,20H,3H2,1-2H3. The molecule has 0 heterocycles. The van der Waals surface area contributed by atoms with Crippen molar-refractivity contribution in [1.29, 1.82) is 0 Å². The van der Waals surface area contributed by atoms with Crippen molar-refractivity contribution in [1.82, 2.24) is 5.32 Å². The Balaban J connectivity index is 2.53. The second-order valence-corrected chi connectivity index (χ2v) is 5.06. The van der Waals surface area contributed by atoms with Crippen LogP contribution in [0.15, 0.2) is 36.4 Å². The molecule has 1 nitrogen and oxygen atoms in total. The Labute approximate surface area is 122 Å². The first-order valence-corrected chi connectivity index (χ1v) is 6.85. The Morgan fingerprint density at radius 1 is 1.05 bits per heavy atom. The van der Waals surface area contributed by atoms with E-state index in [0.29, 0.717) is 11.6 Å². The first kappa shape index (κ1) is 14.9. The minimum absolute atomic E-state index is 0.260. The van der Waals surface area contributed by atoms with E-state index in [-0.39, 0.29) is 17.7 Å². The zero-order valence-electron chi connectivity index (χ0n) is 11.4. The lowest BCUT2D eigenvalue weighted by molar-refractivity contribution is 0.596. The van der Waals surface area contributed by atoms with Crippen LogP contribution >= 0.6 is 11.6 Å². The fourth-order valence-corrected chi connectivity index (χ4v) is 2.53. The molecule has 0 aliphatic carbocycles. The van der Waals surface area contributed by atoms with E-state index in [1.165, 1.54) is 24.3 Å². The topological polar surface area (TPSA) is 12.0 Å². The van der Waals surface area contributed by atoms with Crippen LogP contribution in [-0.4, -0.2) is 6.54 Å². The van der Waals surface area contributed by atoms with Crippen LogP contribution < -0.4 is 5.32 Å². The molecule has 4 heteroatoms. The minimum atomic E-state index is -0.384. The Bertz CT molecular complexity index is 613. The molecule has 20 heavy (non-hydrogen) atoms. The Kier molecular flexibility index (Phi) is 4.73. The first-order chi connectivity index (χ1) is 9.52. The highest BCUT2D eigenvalue weighted by molar-refractivity contribution is 6.31. The van der Waals surface area contributed by atoms with Gasteiger partial charge in [0.1, 0.15) is 11.6 Å². The van der Waals surface area contributed by atoms with Crippen molar-refractivity contribution in [2.75, 3.05) is 6.54 Å². The molecule has 2 aromatic carbocycles. The molecule has 0 saturated carbocycles. The van der Waals surface area contributed by atoms with Crippen LogP contribution in [0.4, 0.5) is 8.78 Å². The summed E-state index contributed by atoms with van der Waals surface area (Å²) in [6, 6.07) is 8.65. The number of halogens is 3. The predicted octanol–water partition coefficient (Wildman–Crippen LogP) is 4.63. The van der Waals surface area contributed by atoms with Crippen LogP contribution in [0, 0.1) is 18.6 Å². The molecule has 0 bridgehead atoms. The van der Waals surface area contributed by atoms with Crippen LogP contribution in [0.3, 0.4) is 0 Å². The number of benzene rings is 2. The van der Waals surface area contributed by atoms with E-state index in [1.807, 2.05) is 13.8 Å². The van der Waals surface area contributed by atoms with E-state index in [9.17, 15) is 8.78 Å². The van der Waals surface area contributed by atoms with Crippen molar-refractivity contribution >= 4 is 11.6 Å². The number of hydrogen-bond acceptors (Lipinski definition) is 1. The number of hydrogen-bond donors (Lipinski definition) is 1. The fourth-order valence-electron chi connectivity index (χ4n) is 2.25. The molecule has 106 valence electrons. The van der Waals surface area contributed by atoms with E-state index >= 15 is 0 Å². The highest BCUT2D eigenvalue weighted by atomic mass is 35.5. The molecule has 2 aromatic rings. The Hall–Kier alpha value is -1.45. The summed E-state index contributed by atoms with van der Waals surface area (Å²) in [5.41, 5.74) is 2.50. The molecule has 0 amide bonds. The van der Waals surface area contributed by atoms with Crippen LogP contribution in [0.2, 0.25) is 5.02 Å². The van der Waals surface area contributed by atoms with Gasteiger partial charge in [0, 0.05) is 5.02 Å². The maximum atomic E-state index is 13.5. The summed E-state index contributed by atoms with van der Waals surface area (Å²) >= 11 is 6.13. The first-order valence-electron chi connectivity index (χ1n) is 6.47. The average molecular weight is 296 g/mol. The van der Waals surface area contributed by atoms with Gasteiger partial charge in [0.2, 0.25) is 0 Å². The molecule has 0 radical (unpaired) electrons. The predicted molar refractivity (Wildman–Crippen MR) is 78.1 cm³/mol. The second-order valence-electron chi connectivity index (χ2n) is 4.66. The van der Waals surface area contributed by atoms with Crippen LogP contribution in [0.25, 0.3) is 0 Å². The van der Waals surface area contributed by atoms with Crippen LogP contribution in [-0.2, 0) is 0 Å². The number of nitrogens with one attached hydrogen (secondary N) is 1. The van der Waals surface area contributed by atoms with Crippen molar-refractivity contribution < 1.29 is 8.78 Å². The SMILES string of the molecule is CCNC(c1cc(F)ccc1C)c1ccc(F)cc1Cl. The summed E-state index contributed by atoms with van der Waals surface area (Å²) in [6.45, 7) is 4.56. The van der Waals surface area contributed by atoms with Crippen molar-refractivity contribution in [2.45, 2.75) is 19.9 Å². The van der Waals surface area contributed by atoms with Gasteiger partial charge in [-0.1, -0.05) is 30.7 Å². The summed E-state index contributed by atoms with van der Waals surface area (Å²) in [6.07, 6.45) is 0. The molecule has 0 aliphatic rings. The smallest absolute Gasteiger partial charge is 0.124 e. The highest BCUT2D eigenvalue weighted by Gasteiger charge is 2.18. The molecule has 0 aromatic heterocycles. The van der Waals surface area contributed by atoms with Gasteiger partial charge in [-0.3, -0.25) is 0 Å². The third kappa shape index (κ3) is 3.17. The lowest BCUT2D eigenvalue weighted by Gasteiger charge is -2.22. The lowest BCUT2D eigenvalue weighted by Crippen LogP contribution is -2.23. The average Bonchev–Trinajstić information content (AvgIpc) is 2.40. The van der Waals surface area contributed by atoms with E-state index < -0.39 is 0 Å². The lowest BCUT2D eigenvalue weighted by atomic mass is 9.94. The van der Waals surface area contributed by atoms with Crippen molar-refractivity contribution in [3.8, 4) is 0 Å².